The van der Waals surface area contributed by atoms with Crippen molar-refractivity contribution < 1.29 is 13.9 Å². The zero-order valence-corrected chi connectivity index (χ0v) is 12.7. The van der Waals surface area contributed by atoms with Crippen LogP contribution in [0.25, 0.3) is 0 Å². The molecule has 0 radical (unpaired) electrons. The summed E-state index contributed by atoms with van der Waals surface area (Å²) in [6, 6.07) is 3.16. The third kappa shape index (κ3) is 2.98. The number of rotatable bonds is 3. The van der Waals surface area contributed by atoms with Crippen molar-refractivity contribution in [3.63, 3.8) is 0 Å². The van der Waals surface area contributed by atoms with Crippen LogP contribution in [0, 0.1) is 11.7 Å². The van der Waals surface area contributed by atoms with Crippen molar-refractivity contribution in [1.29, 1.82) is 0 Å². The largest absolute Gasteiger partial charge is 0.384 e. The van der Waals surface area contributed by atoms with Crippen LogP contribution in [0.15, 0.2) is 16.6 Å². The van der Waals surface area contributed by atoms with E-state index in [1.165, 1.54) is 6.07 Å². The summed E-state index contributed by atoms with van der Waals surface area (Å²) >= 11 is 3.44. The van der Waals surface area contributed by atoms with Gasteiger partial charge >= 0.3 is 0 Å². The SMILES string of the molecule is COCC(C)C(=O)N1CCc2c(Br)ccc(F)c2C1. The van der Waals surface area contributed by atoms with Gasteiger partial charge in [0.2, 0.25) is 5.91 Å². The number of halogens is 2. The molecule has 1 aliphatic heterocycles. The Balaban J connectivity index is 2.18. The van der Waals surface area contributed by atoms with Gasteiger partial charge in [-0.05, 0) is 24.1 Å². The van der Waals surface area contributed by atoms with E-state index in [1.807, 2.05) is 6.92 Å². The summed E-state index contributed by atoms with van der Waals surface area (Å²) in [4.78, 5) is 13.9. The summed E-state index contributed by atoms with van der Waals surface area (Å²) < 4.78 is 19.8. The van der Waals surface area contributed by atoms with E-state index >= 15 is 0 Å². The maximum atomic E-state index is 13.9. The molecule has 104 valence electrons. The quantitative estimate of drug-likeness (QED) is 0.853. The third-order valence-electron chi connectivity index (χ3n) is 3.45. The molecule has 0 spiro atoms. The molecule has 0 saturated heterocycles. The average Bonchev–Trinajstić information content (AvgIpc) is 2.42. The number of hydrogen-bond donors (Lipinski definition) is 0. The minimum Gasteiger partial charge on any atom is -0.384 e. The van der Waals surface area contributed by atoms with Gasteiger partial charge in [-0.25, -0.2) is 4.39 Å². The highest BCUT2D eigenvalue weighted by Gasteiger charge is 2.27. The molecule has 3 nitrogen and oxygen atoms in total. The van der Waals surface area contributed by atoms with Gasteiger partial charge < -0.3 is 9.64 Å². The molecule has 1 heterocycles. The monoisotopic (exact) mass is 329 g/mol. The van der Waals surface area contributed by atoms with Crippen LogP contribution in [0.4, 0.5) is 4.39 Å². The Bertz CT molecular complexity index is 493. The van der Waals surface area contributed by atoms with Crippen molar-refractivity contribution >= 4 is 21.8 Å². The second-order valence-electron chi connectivity index (χ2n) is 4.85. The van der Waals surface area contributed by atoms with Crippen LogP contribution in [0.3, 0.4) is 0 Å². The highest BCUT2D eigenvalue weighted by Crippen LogP contribution is 2.29. The van der Waals surface area contributed by atoms with Crippen LogP contribution in [0.5, 0.6) is 0 Å². The van der Waals surface area contributed by atoms with Gasteiger partial charge in [0.1, 0.15) is 5.82 Å². The van der Waals surface area contributed by atoms with Crippen LogP contribution in [0.1, 0.15) is 18.1 Å². The minimum absolute atomic E-state index is 0.0203. The lowest BCUT2D eigenvalue weighted by molar-refractivity contribution is -0.137. The Hall–Kier alpha value is -0.940. The maximum Gasteiger partial charge on any atom is 0.228 e. The molecule has 1 aliphatic rings. The smallest absolute Gasteiger partial charge is 0.228 e. The molecule has 1 atom stereocenters. The van der Waals surface area contributed by atoms with Gasteiger partial charge in [-0.3, -0.25) is 4.79 Å². The van der Waals surface area contributed by atoms with Crippen molar-refractivity contribution in [2.75, 3.05) is 20.3 Å². The zero-order chi connectivity index (χ0) is 14.0. The van der Waals surface area contributed by atoms with Crippen LogP contribution in [-0.2, 0) is 22.5 Å². The second kappa shape index (κ2) is 6.01. The van der Waals surface area contributed by atoms with E-state index in [4.69, 9.17) is 4.74 Å². The number of fused-ring (bicyclic) bond motifs is 1. The summed E-state index contributed by atoms with van der Waals surface area (Å²) in [5.41, 5.74) is 1.60. The molecule has 2 rings (SSSR count). The third-order valence-corrected chi connectivity index (χ3v) is 4.19. The Kier molecular flexibility index (Phi) is 4.58. The van der Waals surface area contributed by atoms with Crippen molar-refractivity contribution in [3.05, 3.63) is 33.5 Å². The Morgan fingerprint density at radius 2 is 2.26 bits per heavy atom. The summed E-state index contributed by atoms with van der Waals surface area (Å²) in [6.45, 7) is 3.19. The van der Waals surface area contributed by atoms with Gasteiger partial charge in [0.15, 0.2) is 0 Å². The van der Waals surface area contributed by atoms with E-state index in [9.17, 15) is 9.18 Å². The lowest BCUT2D eigenvalue weighted by Crippen LogP contribution is -2.40. The standard InChI is InChI=1S/C14H17BrFNO2/c1-9(8-19-2)14(18)17-6-5-10-11(7-17)13(16)4-3-12(10)15/h3-4,9H,5-8H2,1-2H3. The summed E-state index contributed by atoms with van der Waals surface area (Å²) in [5.74, 6) is -0.413. The topological polar surface area (TPSA) is 29.5 Å². The molecular weight excluding hydrogens is 313 g/mol. The van der Waals surface area contributed by atoms with Gasteiger partial charge in [0.05, 0.1) is 12.5 Å². The van der Waals surface area contributed by atoms with E-state index in [0.717, 1.165) is 10.0 Å². The summed E-state index contributed by atoms with van der Waals surface area (Å²) in [7, 11) is 1.58. The number of carbonyl (C=O) groups is 1. The molecule has 1 aromatic carbocycles. The van der Waals surface area contributed by atoms with Crippen molar-refractivity contribution in [1.82, 2.24) is 4.90 Å². The van der Waals surface area contributed by atoms with E-state index in [2.05, 4.69) is 15.9 Å². The fraction of sp³-hybridized carbons (Fsp3) is 0.500. The van der Waals surface area contributed by atoms with Crippen LogP contribution in [0.2, 0.25) is 0 Å². The maximum absolute atomic E-state index is 13.9. The first-order valence-corrected chi connectivity index (χ1v) is 7.07. The number of ether oxygens (including phenoxy) is 1. The average molecular weight is 330 g/mol. The minimum atomic E-state index is -0.241. The van der Waals surface area contributed by atoms with Crippen molar-refractivity contribution in [2.24, 2.45) is 5.92 Å². The number of methoxy groups -OCH3 is 1. The van der Waals surface area contributed by atoms with Crippen LogP contribution >= 0.6 is 15.9 Å². The normalized spacial score (nSPS) is 16.1. The Labute approximate surface area is 120 Å². The predicted molar refractivity (Wildman–Crippen MR) is 74.3 cm³/mol. The predicted octanol–water partition coefficient (Wildman–Crippen LogP) is 2.76. The first kappa shape index (κ1) is 14.5. The molecule has 0 N–H and O–H groups in total. The van der Waals surface area contributed by atoms with E-state index < -0.39 is 0 Å². The molecule has 0 bridgehead atoms. The fourth-order valence-corrected chi connectivity index (χ4v) is 2.98. The van der Waals surface area contributed by atoms with Gasteiger partial charge in [-0.2, -0.15) is 0 Å². The molecule has 1 amide bonds. The molecule has 1 aromatic rings. The van der Waals surface area contributed by atoms with Crippen LogP contribution < -0.4 is 0 Å². The highest BCUT2D eigenvalue weighted by atomic mass is 79.9. The number of carbonyl (C=O) groups excluding carboxylic acids is 1. The lowest BCUT2D eigenvalue weighted by Gasteiger charge is -2.31. The number of nitrogens with zero attached hydrogens (tertiary/aromatic N) is 1. The van der Waals surface area contributed by atoms with Gasteiger partial charge in [-0.1, -0.05) is 22.9 Å². The molecule has 1 unspecified atom stereocenters. The van der Waals surface area contributed by atoms with E-state index in [1.54, 1.807) is 18.1 Å². The number of benzene rings is 1. The molecule has 0 aliphatic carbocycles. The first-order valence-electron chi connectivity index (χ1n) is 6.28. The van der Waals surface area contributed by atoms with Gasteiger partial charge in [0, 0.05) is 30.2 Å². The second-order valence-corrected chi connectivity index (χ2v) is 5.71. The van der Waals surface area contributed by atoms with Crippen molar-refractivity contribution in [3.8, 4) is 0 Å². The van der Waals surface area contributed by atoms with Gasteiger partial charge in [0.25, 0.3) is 0 Å². The van der Waals surface area contributed by atoms with E-state index in [-0.39, 0.29) is 17.6 Å². The first-order chi connectivity index (χ1) is 9.04. The zero-order valence-electron chi connectivity index (χ0n) is 11.1. The number of amides is 1. The van der Waals surface area contributed by atoms with Gasteiger partial charge in [-0.15, -0.1) is 0 Å². The Morgan fingerprint density at radius 1 is 1.53 bits per heavy atom. The van der Waals surface area contributed by atoms with Crippen LogP contribution in [-0.4, -0.2) is 31.1 Å². The summed E-state index contributed by atoms with van der Waals surface area (Å²) in [5, 5.41) is 0. The lowest BCUT2D eigenvalue weighted by atomic mass is 9.98. The fourth-order valence-electron chi connectivity index (χ4n) is 2.41. The number of hydrogen-bond acceptors (Lipinski definition) is 2. The molecule has 0 fully saturated rings. The Morgan fingerprint density at radius 3 is 2.95 bits per heavy atom. The molecule has 19 heavy (non-hydrogen) atoms. The summed E-state index contributed by atoms with van der Waals surface area (Å²) in [6.07, 6.45) is 0.680. The highest BCUT2D eigenvalue weighted by molar-refractivity contribution is 9.10. The van der Waals surface area contributed by atoms with E-state index in [0.29, 0.717) is 31.7 Å². The molecule has 0 saturated carbocycles. The molecular formula is C14H17BrFNO2. The molecule has 5 heteroatoms. The molecule has 0 aromatic heterocycles. The van der Waals surface area contributed by atoms with Crippen molar-refractivity contribution in [2.45, 2.75) is 19.9 Å².